The van der Waals surface area contributed by atoms with Gasteiger partial charge in [-0.05, 0) is 24.5 Å². The number of aromatic nitrogens is 2. The third-order valence-electron chi connectivity index (χ3n) is 1.68. The number of hydrogen-bond acceptors (Lipinski definition) is 3. The maximum absolute atomic E-state index is 4.21. The number of thioether (sulfide) groups is 1. The number of benzene rings is 1. The fraction of sp³-hybridized carbons (Fsp3) is 0.111. The van der Waals surface area contributed by atoms with Crippen LogP contribution in [0.5, 0.6) is 0 Å². The van der Waals surface area contributed by atoms with E-state index in [4.69, 9.17) is 0 Å². The Bertz CT molecular complexity index is 400. The third kappa shape index (κ3) is 1.28. The predicted molar refractivity (Wildman–Crippen MR) is 51.3 cm³/mol. The van der Waals surface area contributed by atoms with Crippen LogP contribution in [0.3, 0.4) is 0 Å². The van der Waals surface area contributed by atoms with Crippen LogP contribution in [0.25, 0.3) is 11.0 Å². The molecule has 0 bridgehead atoms. The molecule has 0 aliphatic rings. The van der Waals surface area contributed by atoms with Crippen molar-refractivity contribution < 1.29 is 0 Å². The Kier molecular flexibility index (Phi) is 1.96. The van der Waals surface area contributed by atoms with E-state index in [-0.39, 0.29) is 0 Å². The fourth-order valence-electron chi connectivity index (χ4n) is 1.07. The highest BCUT2D eigenvalue weighted by atomic mass is 32.2. The quantitative estimate of drug-likeness (QED) is 0.624. The molecule has 0 N–H and O–H groups in total. The predicted octanol–water partition coefficient (Wildman–Crippen LogP) is 2.35. The minimum Gasteiger partial charge on any atom is -0.253 e. The lowest BCUT2D eigenvalue weighted by atomic mass is 10.3. The van der Waals surface area contributed by atoms with Crippen molar-refractivity contribution in [2.45, 2.75) is 4.90 Å². The summed E-state index contributed by atoms with van der Waals surface area (Å²) in [5.41, 5.74) is 1.92. The van der Waals surface area contributed by atoms with Gasteiger partial charge in [-0.2, -0.15) is 0 Å². The summed E-state index contributed by atoms with van der Waals surface area (Å²) in [4.78, 5) is 9.62. The van der Waals surface area contributed by atoms with Crippen molar-refractivity contribution in [3.63, 3.8) is 0 Å². The standard InChI is InChI=1S/C9H8N2S/c1-12-7-2-3-8-9(6-7)11-5-4-10-8/h2-6H,1H3. The van der Waals surface area contributed by atoms with Gasteiger partial charge in [0.05, 0.1) is 11.0 Å². The van der Waals surface area contributed by atoms with Crippen LogP contribution in [0.1, 0.15) is 0 Å². The maximum atomic E-state index is 4.21. The van der Waals surface area contributed by atoms with Crippen molar-refractivity contribution in [3.05, 3.63) is 30.6 Å². The van der Waals surface area contributed by atoms with E-state index in [2.05, 4.69) is 22.3 Å². The molecule has 1 heterocycles. The maximum Gasteiger partial charge on any atom is 0.0897 e. The molecule has 2 rings (SSSR count). The van der Waals surface area contributed by atoms with Gasteiger partial charge >= 0.3 is 0 Å². The normalized spacial score (nSPS) is 10.4. The molecule has 3 heteroatoms. The molecule has 0 aliphatic carbocycles. The molecular formula is C9H8N2S. The zero-order chi connectivity index (χ0) is 8.39. The Balaban J connectivity index is 2.67. The van der Waals surface area contributed by atoms with Crippen molar-refractivity contribution in [1.82, 2.24) is 9.97 Å². The Hall–Kier alpha value is -1.09. The molecule has 0 saturated carbocycles. The molecule has 0 saturated heterocycles. The first-order valence-electron chi connectivity index (χ1n) is 3.65. The van der Waals surface area contributed by atoms with E-state index in [1.807, 2.05) is 12.1 Å². The lowest BCUT2D eigenvalue weighted by Crippen LogP contribution is -1.81. The van der Waals surface area contributed by atoms with Crippen LogP contribution in [0.2, 0.25) is 0 Å². The van der Waals surface area contributed by atoms with Crippen LogP contribution in [-0.4, -0.2) is 16.2 Å². The summed E-state index contributed by atoms with van der Waals surface area (Å²) in [5.74, 6) is 0. The monoisotopic (exact) mass is 176 g/mol. The van der Waals surface area contributed by atoms with Gasteiger partial charge in [-0.15, -0.1) is 11.8 Å². The summed E-state index contributed by atoms with van der Waals surface area (Å²) in [6.45, 7) is 0. The van der Waals surface area contributed by atoms with E-state index in [0.717, 1.165) is 11.0 Å². The van der Waals surface area contributed by atoms with E-state index >= 15 is 0 Å². The van der Waals surface area contributed by atoms with Crippen molar-refractivity contribution in [3.8, 4) is 0 Å². The van der Waals surface area contributed by atoms with Crippen LogP contribution in [0, 0.1) is 0 Å². The summed E-state index contributed by atoms with van der Waals surface area (Å²) >= 11 is 1.72. The smallest absolute Gasteiger partial charge is 0.0897 e. The highest BCUT2D eigenvalue weighted by Gasteiger charge is 1.95. The molecule has 0 radical (unpaired) electrons. The Morgan fingerprint density at radius 2 is 1.83 bits per heavy atom. The molecule has 12 heavy (non-hydrogen) atoms. The minimum atomic E-state index is 0.954. The second-order valence-corrected chi connectivity index (χ2v) is 3.29. The van der Waals surface area contributed by atoms with Gasteiger partial charge in [0.1, 0.15) is 0 Å². The summed E-state index contributed by atoms with van der Waals surface area (Å²) in [6, 6.07) is 6.10. The topological polar surface area (TPSA) is 25.8 Å². The summed E-state index contributed by atoms with van der Waals surface area (Å²) in [6.07, 6.45) is 5.48. The highest BCUT2D eigenvalue weighted by Crippen LogP contribution is 2.18. The Morgan fingerprint density at radius 3 is 2.58 bits per heavy atom. The molecule has 1 aromatic heterocycles. The second kappa shape index (κ2) is 3.11. The van der Waals surface area contributed by atoms with Gasteiger partial charge in [0.25, 0.3) is 0 Å². The van der Waals surface area contributed by atoms with Gasteiger partial charge in [0.2, 0.25) is 0 Å². The first kappa shape index (κ1) is 7.55. The van der Waals surface area contributed by atoms with E-state index in [9.17, 15) is 0 Å². The fourth-order valence-corrected chi connectivity index (χ4v) is 1.50. The first-order chi connectivity index (χ1) is 5.90. The van der Waals surface area contributed by atoms with E-state index < -0.39 is 0 Å². The molecule has 1 aromatic carbocycles. The van der Waals surface area contributed by atoms with Crippen molar-refractivity contribution in [2.24, 2.45) is 0 Å². The van der Waals surface area contributed by atoms with Gasteiger partial charge in [-0.3, -0.25) is 9.97 Å². The summed E-state index contributed by atoms with van der Waals surface area (Å²) in [7, 11) is 0. The highest BCUT2D eigenvalue weighted by molar-refractivity contribution is 7.98. The second-order valence-electron chi connectivity index (χ2n) is 2.41. The number of hydrogen-bond donors (Lipinski definition) is 0. The number of fused-ring (bicyclic) bond motifs is 1. The molecule has 0 amide bonds. The van der Waals surface area contributed by atoms with Crippen LogP contribution in [-0.2, 0) is 0 Å². The van der Waals surface area contributed by atoms with Crippen LogP contribution >= 0.6 is 11.8 Å². The molecule has 60 valence electrons. The van der Waals surface area contributed by atoms with Gasteiger partial charge in [-0.1, -0.05) is 0 Å². The molecule has 0 spiro atoms. The van der Waals surface area contributed by atoms with Crippen molar-refractivity contribution >= 4 is 22.8 Å². The Morgan fingerprint density at radius 1 is 1.08 bits per heavy atom. The molecular weight excluding hydrogens is 168 g/mol. The van der Waals surface area contributed by atoms with Gasteiger partial charge < -0.3 is 0 Å². The van der Waals surface area contributed by atoms with Crippen molar-refractivity contribution in [2.75, 3.05) is 6.26 Å². The van der Waals surface area contributed by atoms with Crippen LogP contribution in [0.4, 0.5) is 0 Å². The van der Waals surface area contributed by atoms with Crippen molar-refractivity contribution in [1.29, 1.82) is 0 Å². The lowest BCUT2D eigenvalue weighted by Gasteiger charge is -1.97. The average molecular weight is 176 g/mol. The Labute approximate surface area is 75.0 Å². The van der Waals surface area contributed by atoms with E-state index in [1.165, 1.54) is 4.90 Å². The lowest BCUT2D eigenvalue weighted by molar-refractivity contribution is 1.28. The molecule has 0 fully saturated rings. The zero-order valence-electron chi connectivity index (χ0n) is 6.69. The largest absolute Gasteiger partial charge is 0.253 e. The first-order valence-corrected chi connectivity index (χ1v) is 4.87. The third-order valence-corrected chi connectivity index (χ3v) is 2.40. The average Bonchev–Trinajstić information content (AvgIpc) is 2.17. The molecule has 0 unspecified atom stereocenters. The zero-order valence-corrected chi connectivity index (χ0v) is 7.51. The van der Waals surface area contributed by atoms with E-state index in [0.29, 0.717) is 0 Å². The number of rotatable bonds is 1. The minimum absolute atomic E-state index is 0.954. The molecule has 0 aliphatic heterocycles. The molecule has 2 nitrogen and oxygen atoms in total. The molecule has 2 aromatic rings. The van der Waals surface area contributed by atoms with Crippen LogP contribution < -0.4 is 0 Å². The number of nitrogens with zero attached hydrogens (tertiary/aromatic N) is 2. The van der Waals surface area contributed by atoms with Crippen LogP contribution in [0.15, 0.2) is 35.5 Å². The summed E-state index contributed by atoms with van der Waals surface area (Å²) in [5, 5.41) is 0. The van der Waals surface area contributed by atoms with Gasteiger partial charge in [-0.25, -0.2) is 0 Å². The van der Waals surface area contributed by atoms with Gasteiger partial charge in [0, 0.05) is 17.3 Å². The van der Waals surface area contributed by atoms with E-state index in [1.54, 1.807) is 24.2 Å². The molecule has 0 atom stereocenters. The SMILES string of the molecule is CSc1ccc2nccnc2c1. The summed E-state index contributed by atoms with van der Waals surface area (Å²) < 4.78 is 0. The van der Waals surface area contributed by atoms with Gasteiger partial charge in [0.15, 0.2) is 0 Å².